The number of pyridine rings is 1. The molecule has 0 bridgehead atoms. The van der Waals surface area contributed by atoms with Crippen LogP contribution in [0.2, 0.25) is 5.02 Å². The van der Waals surface area contributed by atoms with Crippen molar-refractivity contribution >= 4 is 39.9 Å². The number of nitrogens with zero attached hydrogens (tertiary/aromatic N) is 4. The Morgan fingerprint density at radius 1 is 1.22 bits per heavy atom. The van der Waals surface area contributed by atoms with Crippen molar-refractivity contribution in [3.8, 4) is 5.75 Å². The molecule has 2 aromatic carbocycles. The number of amides is 2. The second kappa shape index (κ2) is 10.3. The van der Waals surface area contributed by atoms with Crippen molar-refractivity contribution in [2.24, 2.45) is 0 Å². The molecule has 2 amide bonds. The lowest BCUT2D eigenvalue weighted by Gasteiger charge is -2.40. The fraction of sp³-hybridized carbons (Fsp3) is 0.393. The van der Waals surface area contributed by atoms with Gasteiger partial charge < -0.3 is 19.9 Å². The SMILES string of the molecule is CNC(=O)CN1Cc2ccc(Cl)cc2C2(CCN(c3cncc4ccc(OCCN(C)C)cc34)C2=O)C1. The van der Waals surface area contributed by atoms with E-state index in [9.17, 15) is 9.59 Å². The molecular formula is C28H32ClN5O3. The summed E-state index contributed by atoms with van der Waals surface area (Å²) >= 11 is 6.41. The van der Waals surface area contributed by atoms with Crippen molar-refractivity contribution in [1.29, 1.82) is 0 Å². The molecular weight excluding hydrogens is 490 g/mol. The van der Waals surface area contributed by atoms with Gasteiger partial charge in [0.25, 0.3) is 0 Å². The zero-order valence-corrected chi connectivity index (χ0v) is 22.2. The highest BCUT2D eigenvalue weighted by molar-refractivity contribution is 6.30. The number of likely N-dealkylation sites (N-methyl/N-ethyl adjacent to an activating group) is 2. The van der Waals surface area contributed by atoms with Gasteiger partial charge >= 0.3 is 0 Å². The Bertz CT molecular complexity index is 1350. The minimum absolute atomic E-state index is 0.00542. The molecule has 5 rings (SSSR count). The molecule has 2 aliphatic heterocycles. The maximum Gasteiger partial charge on any atom is 0.239 e. The second-order valence-electron chi connectivity index (χ2n) is 10.1. The van der Waals surface area contributed by atoms with Gasteiger partial charge in [-0.3, -0.25) is 19.5 Å². The van der Waals surface area contributed by atoms with Gasteiger partial charge in [-0.25, -0.2) is 0 Å². The van der Waals surface area contributed by atoms with Gasteiger partial charge in [-0.1, -0.05) is 17.7 Å². The highest BCUT2D eigenvalue weighted by Gasteiger charge is 2.52. The smallest absolute Gasteiger partial charge is 0.239 e. The van der Waals surface area contributed by atoms with Crippen LogP contribution in [-0.2, 0) is 21.5 Å². The highest BCUT2D eigenvalue weighted by atomic mass is 35.5. The molecule has 1 atom stereocenters. The Kier molecular flexibility index (Phi) is 7.07. The lowest BCUT2D eigenvalue weighted by molar-refractivity contribution is -0.126. The lowest BCUT2D eigenvalue weighted by atomic mass is 9.73. The number of carbonyl (C=O) groups is 2. The van der Waals surface area contributed by atoms with Gasteiger partial charge in [0.2, 0.25) is 11.8 Å². The van der Waals surface area contributed by atoms with Crippen molar-refractivity contribution in [2.45, 2.75) is 18.4 Å². The van der Waals surface area contributed by atoms with E-state index < -0.39 is 5.41 Å². The predicted octanol–water partition coefficient (Wildman–Crippen LogP) is 3.06. The average Bonchev–Trinajstić information content (AvgIpc) is 3.19. The summed E-state index contributed by atoms with van der Waals surface area (Å²) in [6, 6.07) is 11.7. The second-order valence-corrected chi connectivity index (χ2v) is 10.5. The summed E-state index contributed by atoms with van der Waals surface area (Å²) in [5, 5.41) is 5.17. The maximum atomic E-state index is 14.3. The molecule has 1 spiro atoms. The predicted molar refractivity (Wildman–Crippen MR) is 145 cm³/mol. The number of carbonyl (C=O) groups excluding carboxylic acids is 2. The van der Waals surface area contributed by atoms with E-state index in [1.54, 1.807) is 19.4 Å². The molecule has 0 radical (unpaired) electrons. The quantitative estimate of drug-likeness (QED) is 0.515. The first-order chi connectivity index (χ1) is 17.8. The number of hydrogen-bond acceptors (Lipinski definition) is 6. The largest absolute Gasteiger partial charge is 0.492 e. The number of halogens is 1. The third-order valence-corrected chi connectivity index (χ3v) is 7.58. The van der Waals surface area contributed by atoms with E-state index in [0.717, 1.165) is 39.9 Å². The molecule has 3 heterocycles. The number of ether oxygens (including phenoxy) is 1. The van der Waals surface area contributed by atoms with Gasteiger partial charge in [-0.05, 0) is 62.0 Å². The monoisotopic (exact) mass is 521 g/mol. The van der Waals surface area contributed by atoms with Gasteiger partial charge in [0.05, 0.1) is 23.8 Å². The summed E-state index contributed by atoms with van der Waals surface area (Å²) in [5.41, 5.74) is 1.97. The molecule has 0 aliphatic carbocycles. The number of nitrogens with one attached hydrogen (secondary N) is 1. The van der Waals surface area contributed by atoms with Crippen LogP contribution >= 0.6 is 11.6 Å². The van der Waals surface area contributed by atoms with E-state index in [4.69, 9.17) is 16.3 Å². The Morgan fingerprint density at radius 2 is 2.05 bits per heavy atom. The van der Waals surface area contributed by atoms with Crippen LogP contribution in [0.5, 0.6) is 5.75 Å². The van der Waals surface area contributed by atoms with Crippen LogP contribution in [0.15, 0.2) is 48.8 Å². The molecule has 1 saturated heterocycles. The summed E-state index contributed by atoms with van der Waals surface area (Å²) in [5.74, 6) is 0.690. The molecule has 1 unspecified atom stereocenters. The van der Waals surface area contributed by atoms with Gasteiger partial charge in [-0.15, -0.1) is 0 Å². The number of aromatic nitrogens is 1. The van der Waals surface area contributed by atoms with E-state index in [1.807, 2.05) is 55.4 Å². The van der Waals surface area contributed by atoms with Crippen LogP contribution in [0.3, 0.4) is 0 Å². The standard InChI is InChI=1S/C28H32ClN5O3/c1-30-26(35)17-33-16-20-4-6-21(29)12-24(20)28(18-33)8-9-34(27(28)36)25-15-31-14-19-5-7-22(13-23(19)25)37-11-10-32(2)3/h4-7,12-15H,8-11,16-18H2,1-3H3,(H,30,35). The van der Waals surface area contributed by atoms with Crippen LogP contribution < -0.4 is 15.0 Å². The minimum atomic E-state index is -0.783. The average molecular weight is 522 g/mol. The molecule has 0 saturated carbocycles. The molecule has 1 fully saturated rings. The van der Waals surface area contributed by atoms with Crippen molar-refractivity contribution in [3.63, 3.8) is 0 Å². The van der Waals surface area contributed by atoms with Crippen molar-refractivity contribution in [3.05, 3.63) is 64.9 Å². The van der Waals surface area contributed by atoms with Crippen LogP contribution in [0.4, 0.5) is 5.69 Å². The lowest BCUT2D eigenvalue weighted by Crippen LogP contribution is -2.52. The van der Waals surface area contributed by atoms with E-state index >= 15 is 0 Å². The summed E-state index contributed by atoms with van der Waals surface area (Å²) in [4.78, 5) is 36.9. The van der Waals surface area contributed by atoms with Crippen LogP contribution in [-0.4, -0.2) is 80.5 Å². The van der Waals surface area contributed by atoms with Crippen molar-refractivity contribution in [2.75, 3.05) is 58.8 Å². The van der Waals surface area contributed by atoms with Gasteiger partial charge in [0.1, 0.15) is 12.4 Å². The fourth-order valence-corrected chi connectivity index (χ4v) is 5.64. The van der Waals surface area contributed by atoms with Gasteiger partial charge in [0, 0.05) is 55.2 Å². The fourth-order valence-electron chi connectivity index (χ4n) is 5.46. The molecule has 2 aliphatic rings. The Morgan fingerprint density at radius 3 is 2.84 bits per heavy atom. The number of benzene rings is 2. The van der Waals surface area contributed by atoms with E-state index in [0.29, 0.717) is 37.7 Å². The first kappa shape index (κ1) is 25.4. The van der Waals surface area contributed by atoms with Crippen molar-refractivity contribution in [1.82, 2.24) is 20.1 Å². The molecule has 8 nitrogen and oxygen atoms in total. The first-order valence-corrected chi connectivity index (χ1v) is 12.9. The molecule has 194 valence electrons. The highest BCUT2D eigenvalue weighted by Crippen LogP contribution is 2.45. The maximum absolute atomic E-state index is 14.3. The summed E-state index contributed by atoms with van der Waals surface area (Å²) in [6.45, 7) is 3.22. The minimum Gasteiger partial charge on any atom is -0.492 e. The van der Waals surface area contributed by atoms with Crippen LogP contribution in [0.1, 0.15) is 17.5 Å². The van der Waals surface area contributed by atoms with Crippen molar-refractivity contribution < 1.29 is 14.3 Å². The van der Waals surface area contributed by atoms with Gasteiger partial charge in [0.15, 0.2) is 0 Å². The zero-order valence-electron chi connectivity index (χ0n) is 21.5. The molecule has 9 heteroatoms. The Balaban J connectivity index is 1.51. The van der Waals surface area contributed by atoms with Crippen LogP contribution in [0, 0.1) is 0 Å². The zero-order chi connectivity index (χ0) is 26.2. The molecule has 3 aromatic rings. The van der Waals surface area contributed by atoms with E-state index in [-0.39, 0.29) is 18.4 Å². The molecule has 1 N–H and O–H groups in total. The molecule has 37 heavy (non-hydrogen) atoms. The first-order valence-electron chi connectivity index (χ1n) is 12.5. The summed E-state index contributed by atoms with van der Waals surface area (Å²) in [6.07, 6.45) is 4.19. The summed E-state index contributed by atoms with van der Waals surface area (Å²) in [7, 11) is 5.65. The Labute approximate surface area is 222 Å². The molecule has 1 aromatic heterocycles. The third kappa shape index (κ3) is 4.89. The third-order valence-electron chi connectivity index (χ3n) is 7.35. The number of fused-ring (bicyclic) bond motifs is 3. The van der Waals surface area contributed by atoms with E-state index in [1.165, 1.54) is 0 Å². The summed E-state index contributed by atoms with van der Waals surface area (Å²) < 4.78 is 5.98. The van der Waals surface area contributed by atoms with E-state index in [2.05, 4.69) is 20.1 Å². The number of anilines is 1. The van der Waals surface area contributed by atoms with Gasteiger partial charge in [-0.2, -0.15) is 0 Å². The Hall–Kier alpha value is -3.20. The number of rotatable bonds is 7. The normalized spacial score (nSPS) is 19.6. The topological polar surface area (TPSA) is 78.0 Å². The van der Waals surface area contributed by atoms with Crippen LogP contribution in [0.25, 0.3) is 10.8 Å². The number of hydrogen-bond donors (Lipinski definition) is 1.